The van der Waals surface area contributed by atoms with Gasteiger partial charge in [0.15, 0.2) is 5.82 Å². The zero-order valence-corrected chi connectivity index (χ0v) is 15.6. The van der Waals surface area contributed by atoms with Crippen molar-refractivity contribution in [1.29, 1.82) is 0 Å². The molecule has 26 heavy (non-hydrogen) atoms. The smallest absolute Gasteiger partial charge is 0.325 e. The second-order valence-corrected chi connectivity index (χ2v) is 6.71. The van der Waals surface area contributed by atoms with Crippen LogP contribution in [0.2, 0.25) is 5.02 Å². The Morgan fingerprint density at radius 1 is 1.19 bits per heavy atom. The molecule has 2 aromatic heterocycles. The monoisotopic (exact) mass is 437 g/mol. The van der Waals surface area contributed by atoms with Crippen LogP contribution in [-0.2, 0) is 17.9 Å². The van der Waals surface area contributed by atoms with E-state index in [1.165, 1.54) is 17.1 Å². The molecule has 3 rings (SSSR count). The molecule has 3 aromatic rings. The lowest BCUT2D eigenvalue weighted by molar-refractivity contribution is -0.137. The largest absolute Gasteiger partial charge is 0.480 e. The normalized spacial score (nSPS) is 10.7. The maximum absolute atomic E-state index is 12.3. The topological polar surface area (TPSA) is 102 Å². The lowest BCUT2D eigenvalue weighted by Gasteiger charge is -2.02. The molecule has 0 saturated heterocycles. The van der Waals surface area contributed by atoms with Gasteiger partial charge in [0, 0.05) is 17.4 Å². The van der Waals surface area contributed by atoms with Crippen LogP contribution < -0.4 is 5.32 Å². The number of aromatic nitrogens is 4. The van der Waals surface area contributed by atoms with Crippen LogP contribution in [0.1, 0.15) is 15.9 Å². The molecular formula is C16H13BrClN5O3. The van der Waals surface area contributed by atoms with Gasteiger partial charge in [-0.15, -0.1) is 0 Å². The van der Waals surface area contributed by atoms with Crippen LogP contribution in [-0.4, -0.2) is 36.5 Å². The summed E-state index contributed by atoms with van der Waals surface area (Å²) in [5.74, 6) is -1.11. The summed E-state index contributed by atoms with van der Waals surface area (Å²) in [6.45, 7) is 0.203. The van der Waals surface area contributed by atoms with Crippen molar-refractivity contribution in [2.75, 3.05) is 5.32 Å². The van der Waals surface area contributed by atoms with Crippen LogP contribution in [0.15, 0.2) is 47.3 Å². The molecule has 0 bridgehead atoms. The zero-order chi connectivity index (χ0) is 18.7. The fraction of sp³-hybridized carbons (Fsp3) is 0.125. The van der Waals surface area contributed by atoms with E-state index in [9.17, 15) is 9.59 Å². The lowest BCUT2D eigenvalue weighted by Crippen LogP contribution is -2.13. The Hall–Kier alpha value is -2.65. The Morgan fingerprint density at radius 3 is 2.62 bits per heavy atom. The van der Waals surface area contributed by atoms with Gasteiger partial charge >= 0.3 is 5.97 Å². The van der Waals surface area contributed by atoms with Gasteiger partial charge < -0.3 is 10.4 Å². The molecule has 0 spiro atoms. The molecule has 0 saturated carbocycles. The number of hydrogen-bond acceptors (Lipinski definition) is 4. The number of benzene rings is 1. The molecule has 2 N–H and O–H groups in total. The summed E-state index contributed by atoms with van der Waals surface area (Å²) in [7, 11) is 0. The zero-order valence-electron chi connectivity index (χ0n) is 13.3. The Kier molecular flexibility index (Phi) is 5.38. The summed E-state index contributed by atoms with van der Waals surface area (Å²) >= 11 is 9.24. The molecule has 1 amide bonds. The van der Waals surface area contributed by atoms with E-state index in [0.717, 1.165) is 5.56 Å². The summed E-state index contributed by atoms with van der Waals surface area (Å²) in [4.78, 5) is 22.9. The van der Waals surface area contributed by atoms with E-state index in [-0.39, 0.29) is 12.1 Å². The highest BCUT2D eigenvalue weighted by Gasteiger charge is 2.14. The first kappa shape index (κ1) is 18.2. The SMILES string of the molecule is O=C(O)Cn1cc(C(=O)Nc2nn(Cc3ccc(Cl)cc3)cc2Br)cn1. The minimum Gasteiger partial charge on any atom is -0.480 e. The van der Waals surface area contributed by atoms with Crippen LogP contribution in [0, 0.1) is 0 Å². The Balaban J connectivity index is 1.68. The van der Waals surface area contributed by atoms with E-state index in [0.29, 0.717) is 21.9 Å². The summed E-state index contributed by atoms with van der Waals surface area (Å²) in [5.41, 5.74) is 1.25. The van der Waals surface area contributed by atoms with Gasteiger partial charge in [-0.1, -0.05) is 23.7 Å². The number of rotatable bonds is 6. The quantitative estimate of drug-likeness (QED) is 0.616. The van der Waals surface area contributed by atoms with Gasteiger partial charge in [-0.25, -0.2) is 0 Å². The number of halogens is 2. The average molecular weight is 439 g/mol. The van der Waals surface area contributed by atoms with Crippen LogP contribution >= 0.6 is 27.5 Å². The molecule has 0 aliphatic heterocycles. The first-order chi connectivity index (χ1) is 12.4. The molecule has 0 aliphatic rings. The number of nitrogens with one attached hydrogen (secondary N) is 1. The van der Waals surface area contributed by atoms with E-state index in [4.69, 9.17) is 16.7 Å². The molecule has 1 aromatic carbocycles. The molecule has 8 nitrogen and oxygen atoms in total. The number of carbonyl (C=O) groups is 2. The van der Waals surface area contributed by atoms with E-state index in [1.54, 1.807) is 23.0 Å². The summed E-state index contributed by atoms with van der Waals surface area (Å²) in [6, 6.07) is 7.39. The lowest BCUT2D eigenvalue weighted by atomic mass is 10.2. The number of nitrogens with zero attached hydrogens (tertiary/aromatic N) is 4. The van der Waals surface area contributed by atoms with Crippen molar-refractivity contribution in [2.45, 2.75) is 13.1 Å². The van der Waals surface area contributed by atoms with Gasteiger partial charge in [0.1, 0.15) is 6.54 Å². The number of carboxylic acids is 1. The predicted molar refractivity (Wildman–Crippen MR) is 98.3 cm³/mol. The van der Waals surface area contributed by atoms with Gasteiger partial charge in [-0.05, 0) is 33.6 Å². The number of carboxylic acid groups (broad SMARTS) is 1. The Morgan fingerprint density at radius 2 is 1.92 bits per heavy atom. The van der Waals surface area contributed by atoms with Crippen molar-refractivity contribution >= 4 is 45.2 Å². The molecule has 0 aliphatic carbocycles. The second kappa shape index (κ2) is 7.71. The number of aliphatic carboxylic acids is 1. The third-order valence-electron chi connectivity index (χ3n) is 3.40. The van der Waals surface area contributed by atoms with Crippen LogP contribution in [0.25, 0.3) is 0 Å². The van der Waals surface area contributed by atoms with E-state index in [1.807, 2.05) is 12.1 Å². The van der Waals surface area contributed by atoms with Crippen molar-refractivity contribution in [3.63, 3.8) is 0 Å². The Bertz CT molecular complexity index is 951. The van der Waals surface area contributed by atoms with Crippen molar-refractivity contribution in [1.82, 2.24) is 19.6 Å². The van der Waals surface area contributed by atoms with Crippen molar-refractivity contribution in [3.05, 3.63) is 63.5 Å². The van der Waals surface area contributed by atoms with Gasteiger partial charge in [-0.3, -0.25) is 19.0 Å². The first-order valence-electron chi connectivity index (χ1n) is 7.43. The molecule has 0 atom stereocenters. The van der Waals surface area contributed by atoms with Gasteiger partial charge in [0.25, 0.3) is 5.91 Å². The van der Waals surface area contributed by atoms with Crippen LogP contribution in [0.5, 0.6) is 0 Å². The van der Waals surface area contributed by atoms with Crippen LogP contribution in [0.4, 0.5) is 5.82 Å². The van der Waals surface area contributed by atoms with Crippen molar-refractivity contribution in [3.8, 4) is 0 Å². The number of anilines is 1. The molecule has 10 heteroatoms. The fourth-order valence-electron chi connectivity index (χ4n) is 2.23. The Labute approximate surface area is 161 Å². The molecule has 2 heterocycles. The second-order valence-electron chi connectivity index (χ2n) is 5.42. The fourth-order valence-corrected chi connectivity index (χ4v) is 2.77. The highest BCUT2D eigenvalue weighted by atomic mass is 79.9. The average Bonchev–Trinajstić information content (AvgIpc) is 3.16. The van der Waals surface area contributed by atoms with Gasteiger partial charge in [-0.2, -0.15) is 10.2 Å². The maximum atomic E-state index is 12.3. The molecule has 134 valence electrons. The van der Waals surface area contributed by atoms with Gasteiger partial charge in [0.05, 0.1) is 22.8 Å². The van der Waals surface area contributed by atoms with Crippen molar-refractivity contribution in [2.24, 2.45) is 0 Å². The first-order valence-corrected chi connectivity index (χ1v) is 8.61. The highest BCUT2D eigenvalue weighted by Crippen LogP contribution is 2.21. The number of amides is 1. The minimum absolute atomic E-state index is 0.241. The molecule has 0 radical (unpaired) electrons. The molecule has 0 fully saturated rings. The molecular weight excluding hydrogens is 426 g/mol. The van der Waals surface area contributed by atoms with Crippen LogP contribution in [0.3, 0.4) is 0 Å². The summed E-state index contributed by atoms with van der Waals surface area (Å²) in [5, 5.41) is 20.2. The number of carbonyl (C=O) groups excluding carboxylic acids is 1. The van der Waals surface area contributed by atoms with E-state index >= 15 is 0 Å². The summed E-state index contributed by atoms with van der Waals surface area (Å²) in [6.07, 6.45) is 4.41. The summed E-state index contributed by atoms with van der Waals surface area (Å²) < 4.78 is 3.47. The van der Waals surface area contributed by atoms with Gasteiger partial charge in [0.2, 0.25) is 0 Å². The highest BCUT2D eigenvalue weighted by molar-refractivity contribution is 9.10. The standard InChI is InChI=1S/C16H13BrClN5O3/c17-13-8-23(6-10-1-3-12(18)4-2-10)21-15(13)20-16(26)11-5-19-22(7-11)9-14(24)25/h1-5,7-8H,6,9H2,(H,24,25)(H,20,21,26). The van der Waals surface area contributed by atoms with E-state index in [2.05, 4.69) is 31.4 Å². The van der Waals surface area contributed by atoms with E-state index < -0.39 is 11.9 Å². The third-order valence-corrected chi connectivity index (χ3v) is 4.23. The third kappa shape index (κ3) is 4.50. The van der Waals surface area contributed by atoms with Crippen molar-refractivity contribution < 1.29 is 14.7 Å². The predicted octanol–water partition coefficient (Wildman–Crippen LogP) is 2.88. The minimum atomic E-state index is -1.04. The maximum Gasteiger partial charge on any atom is 0.325 e. The molecule has 0 unspecified atom stereocenters. The number of hydrogen-bond donors (Lipinski definition) is 2.